The van der Waals surface area contributed by atoms with E-state index in [0.717, 1.165) is 43.8 Å². The Bertz CT molecular complexity index is 1090. The van der Waals surface area contributed by atoms with E-state index in [-0.39, 0.29) is 30.1 Å². The lowest BCUT2D eigenvalue weighted by atomic mass is 10.1. The maximum Gasteiger partial charge on any atom is 0.227 e. The minimum absolute atomic E-state index is 0.0173. The quantitative estimate of drug-likeness (QED) is 0.418. The van der Waals surface area contributed by atoms with Crippen molar-refractivity contribution in [2.45, 2.75) is 66.3 Å². The monoisotopic (exact) mass is 539 g/mol. The van der Waals surface area contributed by atoms with Crippen LogP contribution in [0.3, 0.4) is 0 Å². The summed E-state index contributed by atoms with van der Waals surface area (Å²) in [6.45, 7) is 12.7. The van der Waals surface area contributed by atoms with Crippen LogP contribution in [0.2, 0.25) is 0 Å². The highest BCUT2D eigenvalue weighted by atomic mass is 19.1. The first-order valence-electron chi connectivity index (χ1n) is 14.4. The second-order valence-corrected chi connectivity index (χ2v) is 11.4. The van der Waals surface area contributed by atoms with Crippen molar-refractivity contribution in [3.05, 3.63) is 59.4 Å². The number of nitrogens with zero attached hydrogens (tertiary/aromatic N) is 3. The lowest BCUT2D eigenvalue weighted by Gasteiger charge is -2.32. The van der Waals surface area contributed by atoms with Gasteiger partial charge >= 0.3 is 0 Å². The van der Waals surface area contributed by atoms with Crippen LogP contribution in [0.4, 0.5) is 10.1 Å². The molecule has 1 aliphatic heterocycles. The zero-order valence-electron chi connectivity index (χ0n) is 24.4. The molecule has 0 unspecified atom stereocenters. The number of aryl methyl sites for hydroxylation is 1. The van der Waals surface area contributed by atoms with E-state index in [1.165, 1.54) is 12.1 Å². The van der Waals surface area contributed by atoms with Gasteiger partial charge in [-0.3, -0.25) is 9.59 Å². The molecule has 0 aromatic heterocycles. The van der Waals surface area contributed by atoms with Crippen LogP contribution in [0.1, 0.15) is 64.5 Å². The van der Waals surface area contributed by atoms with Gasteiger partial charge in [0, 0.05) is 44.7 Å². The van der Waals surface area contributed by atoms with Crippen LogP contribution >= 0.6 is 0 Å². The molecular formula is C32H46FN3O3. The SMILES string of the molecule is COc1ccccc1CCC(=O)N1CCCN(CC(C)C)CCCN(C(=O)CC(C)C)c2ccc(F)cc2C1. The average Bonchev–Trinajstić information content (AvgIpc) is 2.88. The van der Waals surface area contributed by atoms with E-state index in [9.17, 15) is 14.0 Å². The maximum atomic E-state index is 14.5. The van der Waals surface area contributed by atoms with Gasteiger partial charge in [-0.05, 0) is 79.6 Å². The molecule has 0 saturated carbocycles. The Hall–Kier alpha value is -2.93. The predicted molar refractivity (Wildman–Crippen MR) is 155 cm³/mol. The third-order valence-electron chi connectivity index (χ3n) is 7.11. The molecule has 2 aromatic carbocycles. The Labute approximate surface area is 234 Å². The summed E-state index contributed by atoms with van der Waals surface area (Å²) in [5, 5.41) is 0. The van der Waals surface area contributed by atoms with Crippen LogP contribution in [0.5, 0.6) is 5.75 Å². The van der Waals surface area contributed by atoms with Gasteiger partial charge in [0.15, 0.2) is 0 Å². The van der Waals surface area contributed by atoms with Crippen molar-refractivity contribution in [2.75, 3.05) is 44.7 Å². The Kier molecular flexibility index (Phi) is 11.8. The number of amides is 2. The zero-order valence-corrected chi connectivity index (χ0v) is 24.4. The molecule has 0 bridgehead atoms. The molecule has 6 nitrogen and oxygen atoms in total. The molecule has 0 spiro atoms. The summed E-state index contributed by atoms with van der Waals surface area (Å²) in [6, 6.07) is 12.4. The van der Waals surface area contributed by atoms with Crippen molar-refractivity contribution in [3.63, 3.8) is 0 Å². The number of anilines is 1. The fourth-order valence-corrected chi connectivity index (χ4v) is 5.34. The van der Waals surface area contributed by atoms with Crippen LogP contribution < -0.4 is 9.64 Å². The molecule has 1 heterocycles. The third-order valence-corrected chi connectivity index (χ3v) is 7.11. The standard InChI is InChI=1S/C32H46FN3O3/c1-24(2)20-32(38)36-19-9-17-34(22-25(3)4)16-8-18-35(23-27-21-28(33)13-14-29(27)36)31(37)15-12-26-10-6-7-11-30(26)39-5/h6-7,10-11,13-14,21,24-25H,8-9,12,15-20,22-23H2,1-5H3. The largest absolute Gasteiger partial charge is 0.496 e. The first-order valence-corrected chi connectivity index (χ1v) is 14.4. The third kappa shape index (κ3) is 9.34. The van der Waals surface area contributed by atoms with Crippen molar-refractivity contribution in [2.24, 2.45) is 11.8 Å². The van der Waals surface area contributed by atoms with Gasteiger partial charge in [0.25, 0.3) is 0 Å². The van der Waals surface area contributed by atoms with Crippen molar-refractivity contribution < 1.29 is 18.7 Å². The number of ether oxygens (including phenoxy) is 1. The summed E-state index contributed by atoms with van der Waals surface area (Å²) < 4.78 is 20.0. The topological polar surface area (TPSA) is 53.1 Å². The molecule has 0 saturated heterocycles. The molecule has 0 fully saturated rings. The average molecular weight is 540 g/mol. The van der Waals surface area contributed by atoms with Crippen LogP contribution in [0.25, 0.3) is 0 Å². The number of carbonyl (C=O) groups is 2. The smallest absolute Gasteiger partial charge is 0.227 e. The summed E-state index contributed by atoms with van der Waals surface area (Å²) in [7, 11) is 1.64. The van der Waals surface area contributed by atoms with Crippen molar-refractivity contribution in [1.29, 1.82) is 0 Å². The number of fused-ring (bicyclic) bond motifs is 1. The highest BCUT2D eigenvalue weighted by molar-refractivity contribution is 5.94. The first-order chi connectivity index (χ1) is 18.7. The zero-order chi connectivity index (χ0) is 28.4. The molecule has 2 amide bonds. The number of methoxy groups -OCH3 is 1. The van der Waals surface area contributed by atoms with Gasteiger partial charge in [0.05, 0.1) is 7.11 Å². The van der Waals surface area contributed by atoms with Crippen LogP contribution in [-0.2, 0) is 22.6 Å². The van der Waals surface area contributed by atoms with E-state index >= 15 is 0 Å². The molecule has 3 rings (SSSR count). The summed E-state index contributed by atoms with van der Waals surface area (Å²) in [5.74, 6) is 1.21. The van der Waals surface area contributed by atoms with Gasteiger partial charge in [-0.2, -0.15) is 0 Å². The predicted octanol–water partition coefficient (Wildman–Crippen LogP) is 5.93. The number of para-hydroxylation sites is 1. The van der Waals surface area contributed by atoms with Gasteiger partial charge < -0.3 is 19.4 Å². The fourth-order valence-electron chi connectivity index (χ4n) is 5.34. The van der Waals surface area contributed by atoms with E-state index in [4.69, 9.17) is 4.74 Å². The molecular weight excluding hydrogens is 493 g/mol. The molecule has 2 aromatic rings. The Balaban J connectivity index is 1.91. The highest BCUT2D eigenvalue weighted by Crippen LogP contribution is 2.27. The summed E-state index contributed by atoms with van der Waals surface area (Å²) in [6.07, 6.45) is 3.00. The van der Waals surface area contributed by atoms with Gasteiger partial charge in [-0.15, -0.1) is 0 Å². The Morgan fingerprint density at radius 2 is 1.64 bits per heavy atom. The van der Waals surface area contributed by atoms with Gasteiger partial charge in [0.1, 0.15) is 11.6 Å². The summed E-state index contributed by atoms with van der Waals surface area (Å²) >= 11 is 0. The molecule has 214 valence electrons. The highest BCUT2D eigenvalue weighted by Gasteiger charge is 2.24. The number of hydrogen-bond donors (Lipinski definition) is 0. The second kappa shape index (κ2) is 15.0. The van der Waals surface area contributed by atoms with E-state index in [2.05, 4.69) is 18.7 Å². The number of benzene rings is 2. The number of halogens is 1. The summed E-state index contributed by atoms with van der Waals surface area (Å²) in [4.78, 5) is 33.1. The molecule has 7 heteroatoms. The molecule has 39 heavy (non-hydrogen) atoms. The Morgan fingerprint density at radius 1 is 0.923 bits per heavy atom. The number of rotatable bonds is 8. The second-order valence-electron chi connectivity index (χ2n) is 11.4. The van der Waals surface area contributed by atoms with E-state index in [1.807, 2.05) is 47.9 Å². The van der Waals surface area contributed by atoms with Crippen molar-refractivity contribution >= 4 is 17.5 Å². The molecule has 0 radical (unpaired) electrons. The number of hydrogen-bond acceptors (Lipinski definition) is 4. The minimum atomic E-state index is -0.360. The van der Waals surface area contributed by atoms with Gasteiger partial charge in [-0.25, -0.2) is 4.39 Å². The van der Waals surface area contributed by atoms with Crippen LogP contribution in [-0.4, -0.2) is 61.4 Å². The van der Waals surface area contributed by atoms with Crippen LogP contribution in [0, 0.1) is 17.7 Å². The lowest BCUT2D eigenvalue weighted by molar-refractivity contribution is -0.131. The molecule has 0 atom stereocenters. The molecule has 0 aliphatic carbocycles. The minimum Gasteiger partial charge on any atom is -0.496 e. The van der Waals surface area contributed by atoms with E-state index < -0.39 is 0 Å². The fraction of sp³-hybridized carbons (Fsp3) is 0.562. The Morgan fingerprint density at radius 3 is 2.33 bits per heavy atom. The normalized spacial score (nSPS) is 15.6. The van der Waals surface area contributed by atoms with Crippen LogP contribution in [0.15, 0.2) is 42.5 Å². The lowest BCUT2D eigenvalue weighted by Crippen LogP contribution is -2.40. The molecule has 0 N–H and O–H groups in total. The molecule has 1 aliphatic rings. The summed E-state index contributed by atoms with van der Waals surface area (Å²) in [5.41, 5.74) is 2.38. The van der Waals surface area contributed by atoms with Crippen molar-refractivity contribution in [1.82, 2.24) is 9.80 Å². The van der Waals surface area contributed by atoms with Gasteiger partial charge in [0.2, 0.25) is 11.8 Å². The number of carbonyl (C=O) groups excluding carboxylic acids is 2. The first kappa shape index (κ1) is 30.6. The van der Waals surface area contributed by atoms with Gasteiger partial charge in [-0.1, -0.05) is 45.9 Å². The van der Waals surface area contributed by atoms with Crippen molar-refractivity contribution in [3.8, 4) is 5.75 Å². The maximum absolute atomic E-state index is 14.5. The van der Waals surface area contributed by atoms with E-state index in [1.54, 1.807) is 13.2 Å². The van der Waals surface area contributed by atoms with E-state index in [0.29, 0.717) is 49.5 Å².